The Morgan fingerprint density at radius 2 is 2.14 bits per heavy atom. The molecule has 0 amide bonds. The van der Waals surface area contributed by atoms with Gasteiger partial charge in [0.2, 0.25) is 0 Å². The van der Waals surface area contributed by atoms with Gasteiger partial charge in [-0.15, -0.1) is 0 Å². The summed E-state index contributed by atoms with van der Waals surface area (Å²) in [6, 6.07) is 5.04. The van der Waals surface area contributed by atoms with Crippen molar-refractivity contribution in [1.29, 1.82) is 0 Å². The Balaban J connectivity index is 2.09. The molecule has 2 rings (SSSR count). The number of piperidine rings is 1. The highest BCUT2D eigenvalue weighted by atomic mass is 16.6. The first-order chi connectivity index (χ1) is 10.1. The third-order valence-corrected chi connectivity index (χ3v) is 3.93. The number of ether oxygens (including phenoxy) is 1. The average molecular weight is 293 g/mol. The van der Waals surface area contributed by atoms with Gasteiger partial charge in [0, 0.05) is 51.1 Å². The second-order valence-corrected chi connectivity index (χ2v) is 5.34. The van der Waals surface area contributed by atoms with E-state index in [1.165, 1.54) is 0 Å². The Morgan fingerprint density at radius 1 is 1.43 bits per heavy atom. The van der Waals surface area contributed by atoms with E-state index < -0.39 is 0 Å². The van der Waals surface area contributed by atoms with Crippen LogP contribution in [0.5, 0.6) is 0 Å². The minimum atomic E-state index is -0.337. The van der Waals surface area contributed by atoms with E-state index in [-0.39, 0.29) is 10.6 Å². The number of anilines is 1. The van der Waals surface area contributed by atoms with E-state index in [4.69, 9.17) is 4.74 Å². The molecule has 1 N–H and O–H groups in total. The normalized spacial score (nSPS) is 16.9. The number of methoxy groups -OCH3 is 1. The van der Waals surface area contributed by atoms with Crippen LogP contribution < -0.4 is 5.32 Å². The van der Waals surface area contributed by atoms with Crippen LogP contribution >= 0.6 is 0 Å². The largest absolute Gasteiger partial charge is 0.385 e. The summed E-state index contributed by atoms with van der Waals surface area (Å²) in [6.07, 6.45) is 2.38. The van der Waals surface area contributed by atoms with Crippen molar-refractivity contribution in [2.75, 3.05) is 32.1 Å². The Bertz CT molecular complexity index is 485. The zero-order chi connectivity index (χ0) is 15.2. The number of nitro groups is 1. The van der Waals surface area contributed by atoms with Crippen molar-refractivity contribution in [2.24, 2.45) is 0 Å². The Kier molecular flexibility index (Phi) is 5.52. The van der Waals surface area contributed by atoms with Crippen molar-refractivity contribution in [3.63, 3.8) is 0 Å². The number of likely N-dealkylation sites (tertiary alicyclic amines) is 1. The molecule has 1 aliphatic rings. The van der Waals surface area contributed by atoms with Crippen LogP contribution in [0.4, 0.5) is 11.4 Å². The van der Waals surface area contributed by atoms with Crippen LogP contribution in [0.15, 0.2) is 18.2 Å². The van der Waals surface area contributed by atoms with Gasteiger partial charge in [-0.2, -0.15) is 0 Å². The standard InChI is InChI=1S/C15H23N3O3/c1-3-16-15-5-4-13(18(19)20)10-12(15)11-17-8-6-14(21-2)7-9-17/h4-5,10,14,16H,3,6-9,11H2,1-2H3. The molecule has 0 aromatic heterocycles. The molecule has 0 unspecified atom stereocenters. The van der Waals surface area contributed by atoms with E-state index in [0.29, 0.717) is 6.10 Å². The molecule has 1 aromatic rings. The van der Waals surface area contributed by atoms with Crippen LogP contribution in [-0.4, -0.2) is 42.7 Å². The first-order valence-electron chi connectivity index (χ1n) is 7.40. The summed E-state index contributed by atoms with van der Waals surface area (Å²) >= 11 is 0. The van der Waals surface area contributed by atoms with Crippen LogP contribution in [-0.2, 0) is 11.3 Å². The zero-order valence-corrected chi connectivity index (χ0v) is 12.7. The molecule has 0 spiro atoms. The van der Waals surface area contributed by atoms with Crippen molar-refractivity contribution >= 4 is 11.4 Å². The molecule has 1 aromatic carbocycles. The highest BCUT2D eigenvalue weighted by Crippen LogP contribution is 2.25. The fourth-order valence-electron chi connectivity index (χ4n) is 2.73. The fraction of sp³-hybridized carbons (Fsp3) is 0.600. The van der Waals surface area contributed by atoms with Gasteiger partial charge in [-0.1, -0.05) is 0 Å². The molecular weight excluding hydrogens is 270 g/mol. The van der Waals surface area contributed by atoms with Gasteiger partial charge in [-0.3, -0.25) is 15.0 Å². The number of nitro benzene ring substituents is 1. The maximum absolute atomic E-state index is 11.0. The maximum Gasteiger partial charge on any atom is 0.269 e. The quantitative estimate of drug-likeness (QED) is 0.645. The summed E-state index contributed by atoms with van der Waals surface area (Å²) in [7, 11) is 1.75. The summed E-state index contributed by atoms with van der Waals surface area (Å²) in [6.45, 7) is 5.49. The lowest BCUT2D eigenvalue weighted by molar-refractivity contribution is -0.384. The van der Waals surface area contributed by atoms with Crippen molar-refractivity contribution in [3.8, 4) is 0 Å². The highest BCUT2D eigenvalue weighted by molar-refractivity contribution is 5.56. The second kappa shape index (κ2) is 7.38. The minimum Gasteiger partial charge on any atom is -0.385 e. The molecule has 0 radical (unpaired) electrons. The number of nitrogens with one attached hydrogen (secondary N) is 1. The van der Waals surface area contributed by atoms with Crippen molar-refractivity contribution in [3.05, 3.63) is 33.9 Å². The van der Waals surface area contributed by atoms with Gasteiger partial charge in [-0.25, -0.2) is 0 Å². The third kappa shape index (κ3) is 4.15. The predicted molar refractivity (Wildman–Crippen MR) is 82.6 cm³/mol. The molecule has 6 nitrogen and oxygen atoms in total. The molecule has 1 aliphatic heterocycles. The molecule has 0 bridgehead atoms. The van der Waals surface area contributed by atoms with Crippen LogP contribution in [0.3, 0.4) is 0 Å². The van der Waals surface area contributed by atoms with Crippen LogP contribution in [0, 0.1) is 10.1 Å². The maximum atomic E-state index is 11.0. The molecule has 6 heteroatoms. The van der Waals surface area contributed by atoms with Gasteiger partial charge < -0.3 is 10.1 Å². The van der Waals surface area contributed by atoms with Crippen LogP contribution in [0.2, 0.25) is 0 Å². The van der Waals surface area contributed by atoms with E-state index in [1.54, 1.807) is 25.3 Å². The van der Waals surface area contributed by atoms with Crippen molar-refractivity contribution < 1.29 is 9.66 Å². The molecule has 0 aliphatic carbocycles. The van der Waals surface area contributed by atoms with E-state index in [1.807, 2.05) is 6.92 Å². The summed E-state index contributed by atoms with van der Waals surface area (Å²) < 4.78 is 5.37. The predicted octanol–water partition coefficient (Wildman–Crippen LogP) is 2.64. The molecule has 1 saturated heterocycles. The second-order valence-electron chi connectivity index (χ2n) is 5.34. The van der Waals surface area contributed by atoms with Gasteiger partial charge in [0.15, 0.2) is 0 Å². The Labute approximate surface area is 125 Å². The molecule has 21 heavy (non-hydrogen) atoms. The van der Waals surface area contributed by atoms with Gasteiger partial charge in [0.05, 0.1) is 11.0 Å². The Morgan fingerprint density at radius 3 is 2.71 bits per heavy atom. The summed E-state index contributed by atoms with van der Waals surface area (Å²) in [5, 5.41) is 14.2. The summed E-state index contributed by atoms with van der Waals surface area (Å²) in [5.74, 6) is 0. The number of non-ortho nitro benzene ring substituents is 1. The molecule has 1 fully saturated rings. The van der Waals surface area contributed by atoms with Gasteiger partial charge >= 0.3 is 0 Å². The zero-order valence-electron chi connectivity index (χ0n) is 12.7. The third-order valence-electron chi connectivity index (χ3n) is 3.93. The van der Waals surface area contributed by atoms with E-state index in [9.17, 15) is 10.1 Å². The fourth-order valence-corrected chi connectivity index (χ4v) is 2.73. The van der Waals surface area contributed by atoms with Gasteiger partial charge in [-0.05, 0) is 31.4 Å². The first kappa shape index (κ1) is 15.7. The van der Waals surface area contributed by atoms with E-state index in [0.717, 1.165) is 50.3 Å². The van der Waals surface area contributed by atoms with Crippen LogP contribution in [0.25, 0.3) is 0 Å². The monoisotopic (exact) mass is 293 g/mol. The summed E-state index contributed by atoms with van der Waals surface area (Å²) in [4.78, 5) is 12.9. The molecule has 0 saturated carbocycles. The minimum absolute atomic E-state index is 0.151. The molecule has 1 heterocycles. The number of nitrogens with zero attached hydrogens (tertiary/aromatic N) is 2. The molecule has 0 atom stereocenters. The topological polar surface area (TPSA) is 67.6 Å². The smallest absolute Gasteiger partial charge is 0.269 e. The molecular formula is C15H23N3O3. The number of hydrogen-bond donors (Lipinski definition) is 1. The van der Waals surface area contributed by atoms with E-state index >= 15 is 0 Å². The van der Waals surface area contributed by atoms with Crippen LogP contribution in [0.1, 0.15) is 25.3 Å². The van der Waals surface area contributed by atoms with Crippen molar-refractivity contribution in [2.45, 2.75) is 32.4 Å². The number of benzene rings is 1. The number of hydrogen-bond acceptors (Lipinski definition) is 5. The lowest BCUT2D eigenvalue weighted by Crippen LogP contribution is -2.36. The first-order valence-corrected chi connectivity index (χ1v) is 7.40. The van der Waals surface area contributed by atoms with Gasteiger partial charge in [0.25, 0.3) is 5.69 Å². The lowest BCUT2D eigenvalue weighted by atomic mass is 10.1. The SMILES string of the molecule is CCNc1ccc([N+](=O)[O-])cc1CN1CCC(OC)CC1. The number of rotatable bonds is 6. The average Bonchev–Trinajstić information content (AvgIpc) is 2.50. The Hall–Kier alpha value is -1.66. The van der Waals surface area contributed by atoms with E-state index in [2.05, 4.69) is 10.2 Å². The van der Waals surface area contributed by atoms with Gasteiger partial charge in [0.1, 0.15) is 0 Å². The molecule has 116 valence electrons. The van der Waals surface area contributed by atoms with Crippen molar-refractivity contribution in [1.82, 2.24) is 4.90 Å². The highest BCUT2D eigenvalue weighted by Gasteiger charge is 2.20. The summed E-state index contributed by atoms with van der Waals surface area (Å²) in [5.41, 5.74) is 2.12. The lowest BCUT2D eigenvalue weighted by Gasteiger charge is -2.31.